The van der Waals surface area contributed by atoms with Crippen LogP contribution in [0.3, 0.4) is 0 Å². The molecule has 0 aliphatic heterocycles. The number of hydrogen-bond donors (Lipinski definition) is 2. The van der Waals surface area contributed by atoms with Crippen molar-refractivity contribution >= 4 is 5.91 Å². The van der Waals surface area contributed by atoms with Gasteiger partial charge in [-0.05, 0) is 37.5 Å². The van der Waals surface area contributed by atoms with Crippen LogP contribution in [0.1, 0.15) is 24.8 Å². The van der Waals surface area contributed by atoms with Crippen LogP contribution in [0.2, 0.25) is 0 Å². The number of nitrogens with one attached hydrogen (secondary N) is 2. The van der Waals surface area contributed by atoms with Crippen LogP contribution >= 0.6 is 0 Å². The molecule has 0 bridgehead atoms. The quantitative estimate of drug-likeness (QED) is 0.700. The number of hydrogen-bond acceptors (Lipinski definition) is 3. The van der Waals surface area contributed by atoms with Crippen molar-refractivity contribution in [2.24, 2.45) is 0 Å². The number of carbonyl (C=O) groups excluding carboxylic acids is 1. The first-order chi connectivity index (χ1) is 9.24. The zero-order chi connectivity index (χ0) is 13.5. The third kappa shape index (κ3) is 5.75. The summed E-state index contributed by atoms with van der Waals surface area (Å²) in [6.07, 6.45) is 2.95. The van der Waals surface area contributed by atoms with Gasteiger partial charge in [-0.25, -0.2) is 0 Å². The molecule has 2 rings (SSSR count). The summed E-state index contributed by atoms with van der Waals surface area (Å²) in [5, 5.41) is 6.24. The summed E-state index contributed by atoms with van der Waals surface area (Å²) in [5.41, 5.74) is 1.16. The van der Waals surface area contributed by atoms with E-state index < -0.39 is 0 Å². The number of aryl methyl sites for hydroxylation is 1. The van der Waals surface area contributed by atoms with Gasteiger partial charge in [0.2, 0.25) is 5.91 Å². The second-order valence-corrected chi connectivity index (χ2v) is 4.99. The SMILES string of the molecule is Cc1cccc(OCCC(=O)NCCNC2CC2)c1. The van der Waals surface area contributed by atoms with Crippen molar-refractivity contribution in [3.63, 3.8) is 0 Å². The molecular formula is C15H22N2O2. The van der Waals surface area contributed by atoms with E-state index in [0.717, 1.165) is 17.9 Å². The average Bonchev–Trinajstić information content (AvgIpc) is 3.19. The van der Waals surface area contributed by atoms with E-state index in [1.807, 2.05) is 31.2 Å². The van der Waals surface area contributed by atoms with Crippen molar-refractivity contribution in [2.75, 3.05) is 19.7 Å². The van der Waals surface area contributed by atoms with Crippen LogP contribution in [-0.2, 0) is 4.79 Å². The van der Waals surface area contributed by atoms with Crippen molar-refractivity contribution < 1.29 is 9.53 Å². The van der Waals surface area contributed by atoms with Crippen molar-refractivity contribution in [2.45, 2.75) is 32.2 Å². The molecule has 4 nitrogen and oxygen atoms in total. The molecule has 1 aliphatic rings. The molecule has 104 valence electrons. The maximum absolute atomic E-state index is 11.5. The predicted octanol–water partition coefficient (Wildman–Crippen LogP) is 1.63. The second-order valence-electron chi connectivity index (χ2n) is 4.99. The summed E-state index contributed by atoms with van der Waals surface area (Å²) < 4.78 is 5.54. The van der Waals surface area contributed by atoms with Crippen LogP contribution in [0.15, 0.2) is 24.3 Å². The van der Waals surface area contributed by atoms with Crippen LogP contribution in [-0.4, -0.2) is 31.6 Å². The van der Waals surface area contributed by atoms with Crippen LogP contribution in [0.5, 0.6) is 5.75 Å². The van der Waals surface area contributed by atoms with Crippen molar-refractivity contribution in [1.29, 1.82) is 0 Å². The molecule has 0 radical (unpaired) electrons. The van der Waals surface area contributed by atoms with Gasteiger partial charge in [0.1, 0.15) is 5.75 Å². The molecular weight excluding hydrogens is 240 g/mol. The molecule has 1 amide bonds. The first-order valence-electron chi connectivity index (χ1n) is 6.93. The number of carbonyl (C=O) groups is 1. The summed E-state index contributed by atoms with van der Waals surface area (Å²) in [5.74, 6) is 0.869. The maximum atomic E-state index is 11.5. The zero-order valence-electron chi connectivity index (χ0n) is 11.4. The van der Waals surface area contributed by atoms with Crippen LogP contribution in [0.25, 0.3) is 0 Å². The summed E-state index contributed by atoms with van der Waals surface area (Å²) in [6, 6.07) is 8.55. The smallest absolute Gasteiger partial charge is 0.223 e. The summed E-state index contributed by atoms with van der Waals surface area (Å²) >= 11 is 0. The van der Waals surface area contributed by atoms with Gasteiger partial charge in [-0.15, -0.1) is 0 Å². The van der Waals surface area contributed by atoms with E-state index in [1.54, 1.807) is 0 Å². The Balaban J connectivity index is 1.53. The topological polar surface area (TPSA) is 50.4 Å². The molecule has 2 N–H and O–H groups in total. The largest absolute Gasteiger partial charge is 0.493 e. The minimum absolute atomic E-state index is 0.0465. The molecule has 0 unspecified atom stereocenters. The molecule has 0 atom stereocenters. The highest BCUT2D eigenvalue weighted by Gasteiger charge is 2.19. The third-order valence-corrected chi connectivity index (χ3v) is 3.04. The molecule has 1 aromatic carbocycles. The van der Waals surface area contributed by atoms with Crippen LogP contribution < -0.4 is 15.4 Å². The Bertz CT molecular complexity index is 416. The number of amides is 1. The lowest BCUT2D eigenvalue weighted by atomic mass is 10.2. The fourth-order valence-corrected chi connectivity index (χ4v) is 1.82. The molecule has 4 heteroatoms. The Hall–Kier alpha value is -1.55. The Labute approximate surface area is 114 Å². The molecule has 0 spiro atoms. The fourth-order valence-electron chi connectivity index (χ4n) is 1.82. The highest BCUT2D eigenvalue weighted by molar-refractivity contribution is 5.75. The first-order valence-corrected chi connectivity index (χ1v) is 6.93. The van der Waals surface area contributed by atoms with Crippen molar-refractivity contribution in [3.05, 3.63) is 29.8 Å². The lowest BCUT2D eigenvalue weighted by Gasteiger charge is -2.08. The summed E-state index contributed by atoms with van der Waals surface area (Å²) in [6.45, 7) is 3.99. The molecule has 1 aliphatic carbocycles. The third-order valence-electron chi connectivity index (χ3n) is 3.04. The zero-order valence-corrected chi connectivity index (χ0v) is 11.4. The predicted molar refractivity (Wildman–Crippen MR) is 75.3 cm³/mol. The standard InChI is InChI=1S/C15H22N2O2/c1-12-3-2-4-14(11-12)19-10-7-15(18)17-9-8-16-13-5-6-13/h2-4,11,13,16H,5-10H2,1H3,(H,17,18). The van der Waals surface area contributed by atoms with E-state index in [1.165, 1.54) is 12.8 Å². The van der Waals surface area contributed by atoms with Gasteiger partial charge < -0.3 is 15.4 Å². The lowest BCUT2D eigenvalue weighted by molar-refractivity contribution is -0.121. The van der Waals surface area contributed by atoms with E-state index in [0.29, 0.717) is 25.6 Å². The van der Waals surface area contributed by atoms with Gasteiger partial charge >= 0.3 is 0 Å². The Morgan fingerprint density at radius 2 is 2.21 bits per heavy atom. The number of benzene rings is 1. The Morgan fingerprint density at radius 3 is 2.95 bits per heavy atom. The van der Waals surface area contributed by atoms with E-state index >= 15 is 0 Å². The molecule has 0 saturated heterocycles. The minimum atomic E-state index is 0.0465. The normalized spacial score (nSPS) is 14.2. The molecule has 1 saturated carbocycles. The molecule has 1 fully saturated rings. The average molecular weight is 262 g/mol. The van der Waals surface area contributed by atoms with Gasteiger partial charge in [-0.3, -0.25) is 4.79 Å². The number of rotatable bonds is 8. The van der Waals surface area contributed by atoms with Crippen LogP contribution in [0.4, 0.5) is 0 Å². The molecule has 0 heterocycles. The van der Waals surface area contributed by atoms with Crippen molar-refractivity contribution in [1.82, 2.24) is 10.6 Å². The second kappa shape index (κ2) is 7.14. The van der Waals surface area contributed by atoms with E-state index in [4.69, 9.17) is 4.74 Å². The van der Waals surface area contributed by atoms with E-state index in [-0.39, 0.29) is 5.91 Å². The minimum Gasteiger partial charge on any atom is -0.493 e. The lowest BCUT2D eigenvalue weighted by Crippen LogP contribution is -2.33. The Kier molecular flexibility index (Phi) is 5.21. The first kappa shape index (κ1) is 13.9. The van der Waals surface area contributed by atoms with Gasteiger partial charge in [0.15, 0.2) is 0 Å². The monoisotopic (exact) mass is 262 g/mol. The van der Waals surface area contributed by atoms with Gasteiger partial charge in [-0.2, -0.15) is 0 Å². The number of ether oxygens (including phenoxy) is 1. The van der Waals surface area contributed by atoms with Crippen molar-refractivity contribution in [3.8, 4) is 5.75 Å². The Morgan fingerprint density at radius 1 is 1.37 bits per heavy atom. The van der Waals surface area contributed by atoms with Gasteiger partial charge in [0.25, 0.3) is 0 Å². The van der Waals surface area contributed by atoms with Gasteiger partial charge in [0, 0.05) is 19.1 Å². The summed E-state index contributed by atoms with van der Waals surface area (Å²) in [4.78, 5) is 11.5. The van der Waals surface area contributed by atoms with Crippen LogP contribution in [0, 0.1) is 6.92 Å². The van der Waals surface area contributed by atoms with Gasteiger partial charge in [0.05, 0.1) is 13.0 Å². The maximum Gasteiger partial charge on any atom is 0.223 e. The fraction of sp³-hybridized carbons (Fsp3) is 0.533. The highest BCUT2D eigenvalue weighted by atomic mass is 16.5. The molecule has 19 heavy (non-hydrogen) atoms. The molecule has 1 aromatic rings. The highest BCUT2D eigenvalue weighted by Crippen LogP contribution is 2.17. The molecule has 0 aromatic heterocycles. The van der Waals surface area contributed by atoms with E-state index in [9.17, 15) is 4.79 Å². The van der Waals surface area contributed by atoms with Gasteiger partial charge in [-0.1, -0.05) is 12.1 Å². The summed E-state index contributed by atoms with van der Waals surface area (Å²) in [7, 11) is 0. The van der Waals surface area contributed by atoms with E-state index in [2.05, 4.69) is 10.6 Å².